The Morgan fingerprint density at radius 1 is 1.05 bits per heavy atom. The van der Waals surface area contributed by atoms with Crippen molar-refractivity contribution in [3.8, 4) is 22.6 Å². The largest absolute Gasteiger partial charge is 0.496 e. The molecule has 0 N–H and O–H groups in total. The molecule has 0 unspecified atom stereocenters. The summed E-state index contributed by atoms with van der Waals surface area (Å²) in [6, 6.07) is 5.89. The Morgan fingerprint density at radius 3 is 2.32 bits per heavy atom. The van der Waals surface area contributed by atoms with Crippen molar-refractivity contribution >= 4 is 16.9 Å². The SMILES string of the molecule is COc1cc(-c2cn(C)c(=O)c3cnccc23)cc(OC)c1CCN1CC2(C1)CN(C(=O)OC(C)(C)C)C2. The first-order valence-corrected chi connectivity index (χ1v) is 12.9. The molecule has 9 heteroatoms. The number of hydrogen-bond acceptors (Lipinski definition) is 7. The molecule has 2 aromatic heterocycles. The molecule has 38 heavy (non-hydrogen) atoms. The number of aryl methyl sites for hydroxylation is 1. The number of aromatic nitrogens is 2. The summed E-state index contributed by atoms with van der Waals surface area (Å²) in [5.41, 5.74) is 2.47. The van der Waals surface area contributed by atoms with Gasteiger partial charge in [0.15, 0.2) is 0 Å². The Labute approximate surface area is 222 Å². The fraction of sp³-hybridized carbons (Fsp3) is 0.483. The Hall–Kier alpha value is -3.59. The maximum absolute atomic E-state index is 12.6. The average Bonchev–Trinajstić information content (AvgIpc) is 2.82. The molecule has 3 aromatic rings. The van der Waals surface area contributed by atoms with Gasteiger partial charge in [-0.1, -0.05) is 0 Å². The van der Waals surface area contributed by atoms with Crippen molar-refractivity contribution < 1.29 is 19.0 Å². The van der Waals surface area contributed by atoms with Gasteiger partial charge in [0, 0.05) is 74.9 Å². The fourth-order valence-corrected chi connectivity index (χ4v) is 5.68. The number of rotatable bonds is 6. The van der Waals surface area contributed by atoms with E-state index in [-0.39, 0.29) is 17.1 Å². The lowest BCUT2D eigenvalue weighted by molar-refractivity contribution is -0.112. The predicted octanol–water partition coefficient (Wildman–Crippen LogP) is 3.71. The van der Waals surface area contributed by atoms with E-state index in [0.29, 0.717) is 5.39 Å². The third kappa shape index (κ3) is 4.82. The smallest absolute Gasteiger partial charge is 0.410 e. The first-order valence-electron chi connectivity index (χ1n) is 12.9. The highest BCUT2D eigenvalue weighted by Crippen LogP contribution is 2.41. The quantitative estimate of drug-likeness (QED) is 0.490. The van der Waals surface area contributed by atoms with Crippen LogP contribution >= 0.6 is 0 Å². The lowest BCUT2D eigenvalue weighted by Crippen LogP contribution is -2.73. The number of methoxy groups -OCH3 is 2. The van der Waals surface area contributed by atoms with E-state index in [9.17, 15) is 9.59 Å². The molecule has 1 amide bonds. The maximum Gasteiger partial charge on any atom is 0.410 e. The van der Waals surface area contributed by atoms with Gasteiger partial charge < -0.3 is 28.6 Å². The monoisotopic (exact) mass is 520 g/mol. The summed E-state index contributed by atoms with van der Waals surface area (Å²) in [6.07, 6.45) is 5.70. The number of fused-ring (bicyclic) bond motifs is 1. The molecule has 9 nitrogen and oxygen atoms in total. The summed E-state index contributed by atoms with van der Waals surface area (Å²) >= 11 is 0. The third-order valence-electron chi connectivity index (χ3n) is 7.40. The minimum Gasteiger partial charge on any atom is -0.496 e. The Morgan fingerprint density at radius 2 is 1.71 bits per heavy atom. The van der Waals surface area contributed by atoms with Crippen LogP contribution in [0.3, 0.4) is 0 Å². The van der Waals surface area contributed by atoms with E-state index in [1.165, 1.54) is 0 Å². The molecule has 202 valence electrons. The molecule has 0 saturated carbocycles. The van der Waals surface area contributed by atoms with E-state index in [0.717, 1.165) is 72.7 Å². The van der Waals surface area contributed by atoms with Gasteiger partial charge in [0.1, 0.15) is 17.1 Å². The van der Waals surface area contributed by atoms with Gasteiger partial charge in [-0.05, 0) is 56.3 Å². The van der Waals surface area contributed by atoms with Crippen LogP contribution in [-0.4, -0.2) is 78.0 Å². The van der Waals surface area contributed by atoms with Crippen LogP contribution in [0.5, 0.6) is 11.5 Å². The molecule has 5 rings (SSSR count). The van der Waals surface area contributed by atoms with E-state index in [4.69, 9.17) is 14.2 Å². The van der Waals surface area contributed by atoms with Crippen molar-refractivity contribution in [1.82, 2.24) is 19.4 Å². The minimum atomic E-state index is -0.472. The zero-order chi connectivity index (χ0) is 27.2. The van der Waals surface area contributed by atoms with Crippen LogP contribution in [0.1, 0.15) is 26.3 Å². The van der Waals surface area contributed by atoms with Crippen molar-refractivity contribution in [3.05, 3.63) is 52.7 Å². The number of carbonyl (C=O) groups excluding carboxylic acids is 1. The number of carbonyl (C=O) groups is 1. The van der Waals surface area contributed by atoms with Crippen molar-refractivity contribution in [2.75, 3.05) is 46.9 Å². The molecule has 2 aliphatic rings. The van der Waals surface area contributed by atoms with Gasteiger partial charge in [-0.2, -0.15) is 0 Å². The molecule has 1 spiro atoms. The summed E-state index contributed by atoms with van der Waals surface area (Å²) in [5, 5.41) is 1.41. The summed E-state index contributed by atoms with van der Waals surface area (Å²) in [7, 11) is 5.09. The van der Waals surface area contributed by atoms with Crippen LogP contribution in [0.25, 0.3) is 21.9 Å². The Kier molecular flexibility index (Phi) is 6.59. The van der Waals surface area contributed by atoms with Crippen LogP contribution in [0, 0.1) is 5.41 Å². The van der Waals surface area contributed by atoms with Gasteiger partial charge in [-0.25, -0.2) is 4.79 Å². The maximum atomic E-state index is 12.6. The van der Waals surface area contributed by atoms with Crippen LogP contribution in [0.2, 0.25) is 0 Å². The fourth-order valence-electron chi connectivity index (χ4n) is 5.68. The highest BCUT2D eigenvalue weighted by Gasteiger charge is 2.53. The number of nitrogens with zero attached hydrogens (tertiary/aromatic N) is 4. The van der Waals surface area contributed by atoms with Gasteiger partial charge in [0.2, 0.25) is 0 Å². The number of benzene rings is 1. The van der Waals surface area contributed by atoms with Gasteiger partial charge in [0.05, 0.1) is 19.6 Å². The van der Waals surface area contributed by atoms with E-state index in [2.05, 4.69) is 9.88 Å². The number of hydrogen-bond donors (Lipinski definition) is 0. The van der Waals surface area contributed by atoms with E-state index in [1.807, 2.05) is 45.2 Å². The normalized spacial score (nSPS) is 16.7. The van der Waals surface area contributed by atoms with Crippen LogP contribution < -0.4 is 15.0 Å². The number of pyridine rings is 2. The topological polar surface area (TPSA) is 86.1 Å². The predicted molar refractivity (Wildman–Crippen MR) is 146 cm³/mol. The first-order chi connectivity index (χ1) is 18.0. The van der Waals surface area contributed by atoms with Gasteiger partial charge in [-0.15, -0.1) is 0 Å². The molecule has 2 aliphatic heterocycles. The Balaban J connectivity index is 1.29. The number of ether oxygens (including phenoxy) is 3. The average molecular weight is 521 g/mol. The number of amides is 1. The third-order valence-corrected chi connectivity index (χ3v) is 7.40. The van der Waals surface area contributed by atoms with Crippen LogP contribution in [0.4, 0.5) is 4.79 Å². The molecule has 0 atom stereocenters. The van der Waals surface area contributed by atoms with Crippen molar-refractivity contribution in [1.29, 1.82) is 0 Å². The van der Waals surface area contributed by atoms with E-state index in [1.54, 1.807) is 43.1 Å². The second-order valence-corrected chi connectivity index (χ2v) is 11.5. The molecular weight excluding hydrogens is 484 g/mol. The number of likely N-dealkylation sites (tertiary alicyclic amines) is 2. The highest BCUT2D eigenvalue weighted by atomic mass is 16.6. The summed E-state index contributed by atoms with van der Waals surface area (Å²) in [5.74, 6) is 1.51. The van der Waals surface area contributed by atoms with Crippen molar-refractivity contribution in [2.24, 2.45) is 12.5 Å². The van der Waals surface area contributed by atoms with E-state index >= 15 is 0 Å². The molecule has 0 aliphatic carbocycles. The molecule has 0 radical (unpaired) electrons. The van der Waals surface area contributed by atoms with Gasteiger partial charge in [0.25, 0.3) is 5.56 Å². The molecule has 4 heterocycles. The lowest BCUT2D eigenvalue weighted by atomic mass is 9.73. The standard InChI is InChI=1S/C29H36N4O5/c1-28(2,3)38-27(35)33-17-29(18-33)15-32(16-29)10-8-21-24(36-5)11-19(12-25(21)37-6)23-14-31(4)26(34)22-13-30-9-7-20(22)23/h7,9,11-14H,8,10,15-18H2,1-6H3. The van der Waals surface area contributed by atoms with Gasteiger partial charge >= 0.3 is 6.09 Å². The van der Waals surface area contributed by atoms with Crippen molar-refractivity contribution in [2.45, 2.75) is 32.8 Å². The summed E-state index contributed by atoms with van der Waals surface area (Å²) in [4.78, 5) is 33.2. The zero-order valence-electron chi connectivity index (χ0n) is 23.0. The molecule has 2 fully saturated rings. The van der Waals surface area contributed by atoms with E-state index < -0.39 is 5.60 Å². The lowest BCUT2D eigenvalue weighted by Gasteiger charge is -2.60. The Bertz CT molecular complexity index is 1400. The summed E-state index contributed by atoms with van der Waals surface area (Å²) in [6.45, 7) is 9.98. The molecule has 0 bridgehead atoms. The van der Waals surface area contributed by atoms with Crippen LogP contribution in [-0.2, 0) is 18.2 Å². The second-order valence-electron chi connectivity index (χ2n) is 11.5. The van der Waals surface area contributed by atoms with Crippen LogP contribution in [0.15, 0.2) is 41.6 Å². The van der Waals surface area contributed by atoms with Gasteiger partial charge in [-0.3, -0.25) is 9.78 Å². The second kappa shape index (κ2) is 9.62. The van der Waals surface area contributed by atoms with Crippen molar-refractivity contribution in [3.63, 3.8) is 0 Å². The highest BCUT2D eigenvalue weighted by molar-refractivity contribution is 5.95. The summed E-state index contributed by atoms with van der Waals surface area (Å²) < 4.78 is 18.7. The minimum absolute atomic E-state index is 0.0830. The molecule has 2 saturated heterocycles. The zero-order valence-corrected chi connectivity index (χ0v) is 23.0. The molecule has 1 aromatic carbocycles. The first kappa shape index (κ1) is 26.0. The molecular formula is C29H36N4O5.